The van der Waals surface area contributed by atoms with Gasteiger partial charge in [0, 0.05) is 0 Å². The molecule has 1 aliphatic heterocycles. The molecule has 3 unspecified atom stereocenters. The van der Waals surface area contributed by atoms with Crippen LogP contribution in [0.15, 0.2) is 0 Å². The highest BCUT2D eigenvalue weighted by Gasteiger charge is 2.46. The Bertz CT molecular complexity index is 260. The Balaban J connectivity index is 0.00000144. The third-order valence-electron chi connectivity index (χ3n) is 0.862. The molecule has 13 heavy (non-hydrogen) atoms. The van der Waals surface area contributed by atoms with Gasteiger partial charge in [0.25, 0.3) is 0 Å². The normalized spacial score (nSPS) is 45.3. The van der Waals surface area contributed by atoms with Gasteiger partial charge in [-0.25, -0.2) is 14.4 Å². The average molecular weight is 238 g/mol. The van der Waals surface area contributed by atoms with Gasteiger partial charge in [-0.05, 0) is 6.92 Å². The molecular weight excluding hydrogens is 230 g/mol. The minimum absolute atomic E-state index is 0. The predicted octanol–water partition coefficient (Wildman–Crippen LogP) is 0.269. The Morgan fingerprint density at radius 1 is 1.38 bits per heavy atom. The van der Waals surface area contributed by atoms with E-state index in [4.69, 9.17) is 10.2 Å². The second-order valence-electron chi connectivity index (χ2n) is 1.86. The van der Waals surface area contributed by atoms with E-state index in [0.29, 0.717) is 0 Å². The van der Waals surface area contributed by atoms with E-state index in [1.54, 1.807) is 0 Å². The fourth-order valence-electron chi connectivity index (χ4n) is 0.588. The van der Waals surface area contributed by atoms with E-state index in [0.717, 1.165) is 0 Å². The number of phosphoric ester groups is 1. The third kappa shape index (κ3) is 3.43. The van der Waals surface area contributed by atoms with Gasteiger partial charge in [0.2, 0.25) is 0 Å². The Labute approximate surface area is 72.7 Å². The van der Waals surface area contributed by atoms with Crippen LogP contribution in [-0.4, -0.2) is 21.9 Å². The third-order valence-corrected chi connectivity index (χ3v) is 3.81. The molecule has 9 nitrogen and oxygen atoms in total. The van der Waals surface area contributed by atoms with Crippen molar-refractivity contribution >= 4 is 15.6 Å². The summed E-state index contributed by atoms with van der Waals surface area (Å²) in [6, 6.07) is 0. The molecule has 4 N–H and O–H groups in total. The van der Waals surface area contributed by atoms with E-state index in [1.807, 2.05) is 0 Å². The van der Waals surface area contributed by atoms with Crippen LogP contribution in [0.4, 0.5) is 0 Å². The summed E-state index contributed by atoms with van der Waals surface area (Å²) in [5, 5.41) is 8.00. The highest BCUT2D eigenvalue weighted by molar-refractivity contribution is 7.62. The van der Waals surface area contributed by atoms with Crippen molar-refractivity contribution in [2.24, 2.45) is 0 Å². The van der Waals surface area contributed by atoms with Crippen LogP contribution in [0.3, 0.4) is 0 Å². The lowest BCUT2D eigenvalue weighted by atomic mass is 10.8. The maximum absolute atomic E-state index is 10.9. The molecule has 0 aliphatic carbocycles. The van der Waals surface area contributed by atoms with Crippen molar-refractivity contribution in [3.8, 4) is 0 Å². The number of hydrogen-bond donors (Lipinski definition) is 2. The minimum Gasteiger partial charge on any atom is -0.412 e. The molecule has 0 aromatic carbocycles. The summed E-state index contributed by atoms with van der Waals surface area (Å²) in [6.07, 6.45) is -1.26. The maximum atomic E-state index is 10.9. The molecule has 0 amide bonds. The summed E-state index contributed by atoms with van der Waals surface area (Å²) in [5.41, 5.74) is 0. The smallest absolute Gasteiger partial charge is 0.412 e. The minimum atomic E-state index is -4.45. The number of hydrogen-bond acceptors (Lipinski definition) is 7. The van der Waals surface area contributed by atoms with Crippen molar-refractivity contribution in [2.75, 3.05) is 0 Å². The van der Waals surface area contributed by atoms with Crippen molar-refractivity contribution in [1.82, 2.24) is 0 Å². The second kappa shape index (κ2) is 4.14. The first kappa shape index (κ1) is 13.2. The maximum Gasteiger partial charge on any atom is 0.513 e. The zero-order valence-corrected chi connectivity index (χ0v) is 8.10. The van der Waals surface area contributed by atoms with E-state index in [-0.39, 0.29) is 5.48 Å². The first-order valence-corrected chi connectivity index (χ1v) is 5.67. The Morgan fingerprint density at radius 2 is 1.92 bits per heavy atom. The topological polar surface area (TPSA) is 143 Å². The molecule has 11 heteroatoms. The van der Waals surface area contributed by atoms with Crippen molar-refractivity contribution < 1.29 is 42.8 Å². The predicted molar refractivity (Wildman–Crippen MR) is 37.5 cm³/mol. The molecule has 0 radical (unpaired) electrons. The first-order valence-electron chi connectivity index (χ1n) is 2.71. The lowest BCUT2D eigenvalue weighted by Crippen LogP contribution is -2.17. The van der Waals surface area contributed by atoms with Gasteiger partial charge >= 0.3 is 15.6 Å². The van der Waals surface area contributed by atoms with E-state index in [9.17, 15) is 9.13 Å². The molecule has 1 rings (SSSR count). The summed E-state index contributed by atoms with van der Waals surface area (Å²) in [4.78, 5) is 8.68. The Morgan fingerprint density at radius 3 is 2.31 bits per heavy atom. The molecule has 0 spiro atoms. The summed E-state index contributed by atoms with van der Waals surface area (Å²) in [7, 11) is -8.81. The van der Waals surface area contributed by atoms with Gasteiger partial charge in [0.15, 0.2) is 6.29 Å². The quantitative estimate of drug-likeness (QED) is 0.376. The van der Waals surface area contributed by atoms with E-state index >= 15 is 0 Å². The lowest BCUT2D eigenvalue weighted by molar-refractivity contribution is -0.181. The van der Waals surface area contributed by atoms with E-state index in [1.165, 1.54) is 6.92 Å². The SMILES string of the molecule is CC1OP(=O)(O)OP(=O)(OO)O1.O. The van der Waals surface area contributed by atoms with E-state index in [2.05, 4.69) is 18.0 Å². The molecular formula is C2H8O9P2. The molecule has 1 heterocycles. The molecule has 0 saturated carbocycles. The highest BCUT2D eigenvalue weighted by Crippen LogP contribution is 2.67. The van der Waals surface area contributed by atoms with E-state index < -0.39 is 21.9 Å². The number of phosphoric acid groups is 2. The fraction of sp³-hybridized carbons (Fsp3) is 1.00. The Kier molecular flexibility index (Phi) is 4.20. The van der Waals surface area contributed by atoms with Gasteiger partial charge in [0.05, 0.1) is 0 Å². The zero-order chi connectivity index (χ0) is 9.41. The zero-order valence-electron chi connectivity index (χ0n) is 6.32. The molecule has 80 valence electrons. The summed E-state index contributed by atoms with van der Waals surface area (Å²) < 4.78 is 37.1. The van der Waals surface area contributed by atoms with Gasteiger partial charge in [-0.3, -0.25) is 9.05 Å². The largest absolute Gasteiger partial charge is 0.513 e. The Hall–Kier alpha value is 0.180. The highest BCUT2D eigenvalue weighted by atomic mass is 31.3. The molecule has 1 fully saturated rings. The first-order chi connectivity index (χ1) is 5.37. The van der Waals surface area contributed by atoms with Crippen LogP contribution in [0, 0.1) is 0 Å². The van der Waals surface area contributed by atoms with Gasteiger partial charge in [-0.2, -0.15) is 4.31 Å². The standard InChI is InChI=1S/C2H6O8P2.H2O/c1-2-7-11(4,5)10-12(6,8-2)9-3;/h2-3H,1H3,(H,4,5);1H2. The summed E-state index contributed by atoms with van der Waals surface area (Å²) in [6.45, 7) is 1.19. The van der Waals surface area contributed by atoms with Crippen LogP contribution in [0.25, 0.3) is 0 Å². The lowest BCUT2D eigenvalue weighted by Gasteiger charge is -2.26. The second-order valence-corrected chi connectivity index (χ2v) is 4.93. The molecule has 1 saturated heterocycles. The van der Waals surface area contributed by atoms with Gasteiger partial charge in [0.1, 0.15) is 0 Å². The number of rotatable bonds is 1. The van der Waals surface area contributed by atoms with Crippen LogP contribution in [0.1, 0.15) is 6.92 Å². The van der Waals surface area contributed by atoms with Gasteiger partial charge in [-0.15, -0.1) is 4.67 Å². The fourth-order valence-corrected chi connectivity index (χ4v) is 2.96. The van der Waals surface area contributed by atoms with Crippen molar-refractivity contribution in [1.29, 1.82) is 0 Å². The molecule has 3 atom stereocenters. The van der Waals surface area contributed by atoms with Crippen molar-refractivity contribution in [3.05, 3.63) is 0 Å². The summed E-state index contributed by atoms with van der Waals surface area (Å²) >= 11 is 0. The van der Waals surface area contributed by atoms with Crippen LogP contribution in [0.5, 0.6) is 0 Å². The van der Waals surface area contributed by atoms with Crippen LogP contribution in [0.2, 0.25) is 0 Å². The van der Waals surface area contributed by atoms with Crippen LogP contribution in [-0.2, 0) is 27.2 Å². The molecule has 0 aromatic heterocycles. The molecule has 1 aliphatic rings. The monoisotopic (exact) mass is 238 g/mol. The van der Waals surface area contributed by atoms with Gasteiger partial charge < -0.3 is 10.4 Å². The summed E-state index contributed by atoms with van der Waals surface area (Å²) in [5.74, 6) is 0. The van der Waals surface area contributed by atoms with Crippen LogP contribution >= 0.6 is 15.6 Å². The van der Waals surface area contributed by atoms with Crippen molar-refractivity contribution in [2.45, 2.75) is 13.2 Å². The molecule has 0 aromatic rings. The van der Waals surface area contributed by atoms with Crippen molar-refractivity contribution in [3.63, 3.8) is 0 Å². The van der Waals surface area contributed by atoms with Gasteiger partial charge in [-0.1, -0.05) is 0 Å². The van der Waals surface area contributed by atoms with Crippen LogP contribution < -0.4 is 0 Å². The molecule has 0 bridgehead atoms. The average Bonchev–Trinajstić information content (AvgIpc) is 1.82.